The smallest absolute Gasteiger partial charge is 0.419 e. The van der Waals surface area contributed by atoms with Gasteiger partial charge in [0.25, 0.3) is 0 Å². The molecule has 0 spiro atoms. The maximum absolute atomic E-state index is 13.4. The van der Waals surface area contributed by atoms with Crippen molar-refractivity contribution in [2.75, 3.05) is 40.0 Å². The van der Waals surface area contributed by atoms with Crippen molar-refractivity contribution in [1.29, 1.82) is 5.26 Å². The van der Waals surface area contributed by atoms with Crippen LogP contribution in [0.5, 0.6) is 11.5 Å². The molecule has 12 heteroatoms. The fourth-order valence-corrected chi connectivity index (χ4v) is 7.56. The van der Waals surface area contributed by atoms with Crippen molar-refractivity contribution in [2.24, 2.45) is 11.8 Å². The van der Waals surface area contributed by atoms with Crippen LogP contribution in [0.1, 0.15) is 69.7 Å². The monoisotopic (exact) mass is 683 g/mol. The summed E-state index contributed by atoms with van der Waals surface area (Å²) in [5, 5.41) is 16.8. The van der Waals surface area contributed by atoms with Crippen LogP contribution in [0.25, 0.3) is 21.8 Å². The molecule has 7 rings (SSSR count). The van der Waals surface area contributed by atoms with Gasteiger partial charge >= 0.3 is 12.1 Å². The Labute approximate surface area is 291 Å². The number of rotatable bonds is 9. The lowest BCUT2D eigenvalue weighted by Gasteiger charge is -2.44. The second-order valence-corrected chi connectivity index (χ2v) is 14.6. The van der Waals surface area contributed by atoms with Crippen LogP contribution in [-0.2, 0) is 19.0 Å². The molecule has 1 saturated heterocycles. The van der Waals surface area contributed by atoms with E-state index in [9.17, 15) is 14.9 Å². The molecular formula is C38H45N5O7. The van der Waals surface area contributed by atoms with Crippen molar-refractivity contribution in [3.05, 3.63) is 53.3 Å². The Morgan fingerprint density at radius 1 is 1.14 bits per heavy atom. The van der Waals surface area contributed by atoms with Crippen LogP contribution in [-0.4, -0.2) is 89.1 Å². The second kappa shape index (κ2) is 13.3. The topological polar surface area (TPSA) is 130 Å². The number of ether oxygens (including phenoxy) is 5. The summed E-state index contributed by atoms with van der Waals surface area (Å²) in [7, 11) is 1.62. The molecule has 0 amide bonds. The van der Waals surface area contributed by atoms with Crippen LogP contribution < -0.4 is 9.47 Å². The summed E-state index contributed by atoms with van der Waals surface area (Å²) in [4.78, 5) is 28.9. The molecule has 2 aliphatic carbocycles. The summed E-state index contributed by atoms with van der Waals surface area (Å²) < 4.78 is 32.7. The maximum atomic E-state index is 13.4. The number of fused-ring (bicyclic) bond motifs is 2. The molecule has 4 aromatic rings. The number of hydrogen-bond donors (Lipinski definition) is 0. The first-order chi connectivity index (χ1) is 24.0. The summed E-state index contributed by atoms with van der Waals surface area (Å²) in [6, 6.07) is 9.76. The molecule has 1 aliphatic heterocycles. The van der Waals surface area contributed by atoms with Gasteiger partial charge in [-0.25, -0.2) is 4.79 Å². The molecule has 2 saturated carbocycles. The largest absolute Gasteiger partial charge is 0.496 e. The van der Waals surface area contributed by atoms with E-state index in [-0.39, 0.29) is 23.9 Å². The lowest BCUT2D eigenvalue weighted by atomic mass is 9.87. The zero-order valence-electron chi connectivity index (χ0n) is 29.6. The Kier molecular flexibility index (Phi) is 8.99. The molecule has 264 valence electrons. The molecule has 0 radical (unpaired) electrons. The van der Waals surface area contributed by atoms with Gasteiger partial charge in [-0.2, -0.15) is 10.4 Å². The summed E-state index contributed by atoms with van der Waals surface area (Å²) >= 11 is 0. The number of carbonyl (C=O) groups is 2. The molecule has 3 unspecified atom stereocenters. The molecule has 0 N–H and O–H groups in total. The predicted octanol–water partition coefficient (Wildman–Crippen LogP) is 5.99. The van der Waals surface area contributed by atoms with Crippen LogP contribution in [0.3, 0.4) is 0 Å². The highest BCUT2D eigenvalue weighted by molar-refractivity contribution is 5.96. The summed E-state index contributed by atoms with van der Waals surface area (Å²) in [5.74, 6) is 0.354. The molecule has 2 aromatic heterocycles. The normalized spacial score (nSPS) is 22.8. The fraction of sp³-hybridized carbons (Fsp3) is 0.526. The van der Waals surface area contributed by atoms with E-state index in [0.29, 0.717) is 47.2 Å². The summed E-state index contributed by atoms with van der Waals surface area (Å²) in [5.41, 5.74) is 2.67. The van der Waals surface area contributed by atoms with Crippen LogP contribution >= 0.6 is 0 Å². The Bertz CT molecular complexity index is 1970. The molecular weight excluding hydrogens is 638 g/mol. The zero-order valence-corrected chi connectivity index (χ0v) is 29.6. The quantitative estimate of drug-likeness (QED) is 0.194. The van der Waals surface area contributed by atoms with Crippen molar-refractivity contribution in [1.82, 2.24) is 19.2 Å². The first-order valence-corrected chi connectivity index (χ1v) is 17.5. The van der Waals surface area contributed by atoms with Crippen LogP contribution in [0.4, 0.5) is 4.79 Å². The van der Waals surface area contributed by atoms with E-state index in [1.807, 2.05) is 56.8 Å². The third kappa shape index (κ3) is 6.29. The molecule has 3 fully saturated rings. The number of benzene rings is 2. The van der Waals surface area contributed by atoms with Gasteiger partial charge in [0.15, 0.2) is 5.75 Å². The van der Waals surface area contributed by atoms with Crippen molar-refractivity contribution in [3.8, 4) is 17.6 Å². The number of hydrogen-bond acceptors (Lipinski definition) is 10. The number of esters is 1. The Hall–Kier alpha value is -4.60. The van der Waals surface area contributed by atoms with E-state index < -0.39 is 17.7 Å². The highest BCUT2D eigenvalue weighted by Crippen LogP contribution is 2.53. The third-order valence-corrected chi connectivity index (χ3v) is 10.1. The maximum Gasteiger partial charge on any atom is 0.419 e. The molecule has 2 aromatic carbocycles. The number of aryl methyl sites for hydroxylation is 1. The molecule has 3 heterocycles. The van der Waals surface area contributed by atoms with Gasteiger partial charge in [0.05, 0.1) is 50.0 Å². The lowest BCUT2D eigenvalue weighted by Crippen LogP contribution is -2.52. The van der Waals surface area contributed by atoms with Gasteiger partial charge in [0.2, 0.25) is 0 Å². The highest BCUT2D eigenvalue weighted by Gasteiger charge is 2.51. The highest BCUT2D eigenvalue weighted by atomic mass is 16.6. The van der Waals surface area contributed by atoms with Gasteiger partial charge < -0.3 is 23.7 Å². The number of nitrogens with zero attached hydrogens (tertiary/aromatic N) is 5. The average molecular weight is 684 g/mol. The molecule has 3 atom stereocenters. The van der Waals surface area contributed by atoms with Crippen molar-refractivity contribution in [3.63, 3.8) is 0 Å². The van der Waals surface area contributed by atoms with Gasteiger partial charge in [0, 0.05) is 60.7 Å². The minimum Gasteiger partial charge on any atom is -0.496 e. The summed E-state index contributed by atoms with van der Waals surface area (Å²) in [6.07, 6.45) is 5.51. The lowest BCUT2D eigenvalue weighted by molar-refractivity contribution is -0.145. The molecule has 3 aliphatic rings. The summed E-state index contributed by atoms with van der Waals surface area (Å²) in [6.45, 7) is 12.9. The number of methoxy groups -OCH3 is 1. The van der Waals surface area contributed by atoms with Crippen molar-refractivity contribution < 1.29 is 33.3 Å². The van der Waals surface area contributed by atoms with Gasteiger partial charge in [-0.3, -0.25) is 18.9 Å². The fourth-order valence-electron chi connectivity index (χ4n) is 7.56. The third-order valence-electron chi connectivity index (χ3n) is 10.1. The second-order valence-electron chi connectivity index (χ2n) is 14.6. The van der Waals surface area contributed by atoms with Crippen LogP contribution in [0.2, 0.25) is 0 Å². The number of carbonyl (C=O) groups excluding carboxylic acids is 2. The predicted molar refractivity (Wildman–Crippen MR) is 186 cm³/mol. The molecule has 50 heavy (non-hydrogen) atoms. The van der Waals surface area contributed by atoms with Crippen LogP contribution in [0.15, 0.2) is 36.7 Å². The first kappa shape index (κ1) is 33.9. The van der Waals surface area contributed by atoms with E-state index >= 15 is 0 Å². The first-order valence-electron chi connectivity index (χ1n) is 17.5. The van der Waals surface area contributed by atoms with Crippen molar-refractivity contribution >= 4 is 33.9 Å². The number of aromatic nitrogens is 3. The Morgan fingerprint density at radius 3 is 2.58 bits per heavy atom. The van der Waals surface area contributed by atoms with Crippen molar-refractivity contribution in [2.45, 2.75) is 77.7 Å². The Morgan fingerprint density at radius 2 is 1.90 bits per heavy atom. The standard InChI is InChI=1S/C38H45N5O7/c1-7-48-36(44)29-19-28(29)34(31-27-10-11-42(37(45)50-38(3,4)5)33(27)22(2)16-30(31)46-6)43-21-24-9-8-23(20-39)35(32(24)40-43)49-26-17-25(18-26)41-12-14-47-15-13-41/h8-11,16,21,25-26,28-29,34H,7,12-15,17-19H2,1-6H3/t25-,26+,28?,29?,34?. The minimum absolute atomic E-state index is 0.0254. The van der Waals surface area contributed by atoms with E-state index in [4.69, 9.17) is 28.8 Å². The molecule has 0 bridgehead atoms. The SMILES string of the molecule is CCOC(=O)C1CC1C(c1c(OC)cc(C)c2c1ccn2C(=O)OC(C)(C)C)n1cc2ccc(C#N)c(O[C@H]3C[C@@H](N4CCOCC4)C3)c2n1. The van der Waals surface area contributed by atoms with Gasteiger partial charge in [0.1, 0.15) is 29.0 Å². The average Bonchev–Trinajstić information content (AvgIpc) is 3.51. The van der Waals surface area contributed by atoms with Gasteiger partial charge in [-0.15, -0.1) is 0 Å². The number of nitriles is 1. The molecule has 12 nitrogen and oxygen atoms in total. The Balaban J connectivity index is 1.31. The van der Waals surface area contributed by atoms with Crippen LogP contribution in [0, 0.1) is 30.1 Å². The van der Waals surface area contributed by atoms with Gasteiger partial charge in [-0.1, -0.05) is 0 Å². The van der Waals surface area contributed by atoms with E-state index in [0.717, 1.165) is 61.0 Å². The zero-order chi connectivity index (χ0) is 35.3. The van der Waals surface area contributed by atoms with E-state index in [2.05, 4.69) is 11.0 Å². The van der Waals surface area contributed by atoms with E-state index in [1.165, 1.54) is 4.57 Å². The number of morpholine rings is 1. The minimum atomic E-state index is -0.680. The van der Waals surface area contributed by atoms with Gasteiger partial charge in [-0.05, 0) is 76.8 Å². The van der Waals surface area contributed by atoms with E-state index in [1.54, 1.807) is 26.3 Å².